The number of hydrogen-bond donors (Lipinski definition) is 2. The highest BCUT2D eigenvalue weighted by molar-refractivity contribution is 5.78. The number of nitro benzene ring substituents is 1. The molecule has 0 saturated carbocycles. The molecule has 0 spiro atoms. The zero-order chi connectivity index (χ0) is 15.8. The van der Waals surface area contributed by atoms with Crippen molar-refractivity contribution in [3.63, 3.8) is 0 Å². The van der Waals surface area contributed by atoms with Crippen molar-refractivity contribution in [2.45, 2.75) is 0 Å². The van der Waals surface area contributed by atoms with Crippen LogP contribution in [0.1, 0.15) is 0 Å². The first-order valence-corrected chi connectivity index (χ1v) is 6.84. The molecule has 0 aliphatic heterocycles. The summed E-state index contributed by atoms with van der Waals surface area (Å²) in [6, 6.07) is 13.9. The summed E-state index contributed by atoms with van der Waals surface area (Å²) < 4.78 is 0. The van der Waals surface area contributed by atoms with Crippen molar-refractivity contribution in [1.29, 1.82) is 0 Å². The molecule has 0 fully saturated rings. The Hall–Kier alpha value is -3.55. The molecule has 0 aliphatic rings. The van der Waals surface area contributed by atoms with Gasteiger partial charge in [0.15, 0.2) is 17.5 Å². The van der Waals surface area contributed by atoms with Gasteiger partial charge in [0.05, 0.1) is 21.5 Å². The maximum absolute atomic E-state index is 11.1. The Balaban J connectivity index is 1.79. The van der Waals surface area contributed by atoms with Crippen LogP contribution < -0.4 is 0 Å². The highest BCUT2D eigenvalue weighted by Crippen LogP contribution is 2.28. The number of nitrogens with one attached hydrogen (secondary N) is 2. The van der Waals surface area contributed by atoms with Crippen molar-refractivity contribution in [3.8, 4) is 23.0 Å². The zero-order valence-corrected chi connectivity index (χ0v) is 11.7. The van der Waals surface area contributed by atoms with Gasteiger partial charge >= 0.3 is 0 Å². The molecular formula is C15H10N6O2. The van der Waals surface area contributed by atoms with Gasteiger partial charge < -0.3 is 4.98 Å². The number of imidazole rings is 1. The molecular weight excluding hydrogens is 296 g/mol. The fourth-order valence-electron chi connectivity index (χ4n) is 2.38. The number of rotatable bonds is 3. The van der Waals surface area contributed by atoms with Gasteiger partial charge in [-0.2, -0.15) is 5.10 Å². The summed E-state index contributed by atoms with van der Waals surface area (Å²) in [5, 5.41) is 18.0. The lowest BCUT2D eigenvalue weighted by molar-refractivity contribution is -0.384. The molecule has 2 heterocycles. The zero-order valence-electron chi connectivity index (χ0n) is 11.7. The Morgan fingerprint density at radius 1 is 0.957 bits per heavy atom. The molecule has 8 nitrogen and oxygen atoms in total. The molecule has 2 N–H and O–H groups in total. The van der Waals surface area contributed by atoms with Crippen LogP contribution in [0, 0.1) is 10.1 Å². The molecule has 23 heavy (non-hydrogen) atoms. The minimum Gasteiger partial charge on any atom is -0.335 e. The summed E-state index contributed by atoms with van der Waals surface area (Å²) in [7, 11) is 0. The van der Waals surface area contributed by atoms with Gasteiger partial charge in [-0.15, -0.1) is 0 Å². The van der Waals surface area contributed by atoms with Crippen LogP contribution in [0.2, 0.25) is 0 Å². The normalized spacial score (nSPS) is 11.0. The highest BCUT2D eigenvalue weighted by atomic mass is 16.6. The number of benzene rings is 2. The van der Waals surface area contributed by atoms with Crippen LogP contribution in [-0.4, -0.2) is 30.1 Å². The van der Waals surface area contributed by atoms with E-state index < -0.39 is 4.92 Å². The number of H-pyrrole nitrogens is 2. The van der Waals surface area contributed by atoms with Crippen molar-refractivity contribution < 1.29 is 4.92 Å². The van der Waals surface area contributed by atoms with E-state index in [1.807, 2.05) is 24.3 Å². The van der Waals surface area contributed by atoms with Crippen LogP contribution in [0.4, 0.5) is 5.69 Å². The Morgan fingerprint density at radius 2 is 1.74 bits per heavy atom. The number of hydrogen-bond acceptors (Lipinski definition) is 5. The maximum atomic E-state index is 11.1. The van der Waals surface area contributed by atoms with E-state index in [2.05, 4.69) is 25.1 Å². The Labute approximate surface area is 129 Å². The predicted octanol–water partition coefficient (Wildman–Crippen LogP) is 2.92. The summed E-state index contributed by atoms with van der Waals surface area (Å²) in [5.74, 6) is 1.21. The minimum atomic E-state index is -0.452. The molecule has 4 rings (SSSR count). The van der Waals surface area contributed by atoms with Crippen molar-refractivity contribution in [1.82, 2.24) is 25.1 Å². The molecule has 0 bridgehead atoms. The third kappa shape index (κ3) is 2.22. The second-order valence-corrected chi connectivity index (χ2v) is 4.88. The van der Waals surface area contributed by atoms with Crippen LogP contribution in [0.5, 0.6) is 0 Å². The molecule has 0 aliphatic carbocycles. The smallest absolute Gasteiger partial charge is 0.280 e. The first-order chi connectivity index (χ1) is 11.2. The predicted molar refractivity (Wildman–Crippen MR) is 83.6 cm³/mol. The lowest BCUT2D eigenvalue weighted by Gasteiger charge is -1.96. The van der Waals surface area contributed by atoms with Crippen molar-refractivity contribution in [2.75, 3.05) is 0 Å². The molecule has 2 aromatic heterocycles. The first kappa shape index (κ1) is 13.1. The average Bonchev–Trinajstić information content (AvgIpc) is 3.21. The molecule has 0 unspecified atom stereocenters. The van der Waals surface area contributed by atoms with Gasteiger partial charge in [-0.3, -0.25) is 15.2 Å². The van der Waals surface area contributed by atoms with E-state index in [-0.39, 0.29) is 11.5 Å². The lowest BCUT2D eigenvalue weighted by Crippen LogP contribution is -1.92. The van der Waals surface area contributed by atoms with Gasteiger partial charge in [0.2, 0.25) is 0 Å². The average molecular weight is 306 g/mol. The number of para-hydroxylation sites is 3. The Kier molecular flexibility index (Phi) is 2.87. The number of fused-ring (bicyclic) bond motifs is 1. The van der Waals surface area contributed by atoms with Crippen LogP contribution in [0.15, 0.2) is 48.5 Å². The molecule has 4 aromatic rings. The maximum Gasteiger partial charge on any atom is 0.280 e. The van der Waals surface area contributed by atoms with Gasteiger partial charge in [-0.1, -0.05) is 24.3 Å². The minimum absolute atomic E-state index is 0.0392. The first-order valence-electron chi connectivity index (χ1n) is 6.84. The van der Waals surface area contributed by atoms with Crippen molar-refractivity contribution in [3.05, 3.63) is 58.6 Å². The molecule has 0 radical (unpaired) electrons. The lowest BCUT2D eigenvalue weighted by atomic mass is 10.2. The van der Waals surface area contributed by atoms with E-state index in [4.69, 9.17) is 0 Å². The number of aromatic amines is 2. The Bertz CT molecular complexity index is 986. The number of nitro groups is 1. The number of nitrogens with zero attached hydrogens (tertiary/aromatic N) is 4. The third-order valence-corrected chi connectivity index (χ3v) is 3.44. The van der Waals surface area contributed by atoms with E-state index in [1.54, 1.807) is 18.2 Å². The fourth-order valence-corrected chi connectivity index (χ4v) is 2.38. The van der Waals surface area contributed by atoms with Crippen LogP contribution >= 0.6 is 0 Å². The van der Waals surface area contributed by atoms with E-state index in [0.717, 1.165) is 11.0 Å². The largest absolute Gasteiger partial charge is 0.335 e. The summed E-state index contributed by atoms with van der Waals surface area (Å²) >= 11 is 0. The molecule has 8 heteroatoms. The van der Waals surface area contributed by atoms with E-state index in [0.29, 0.717) is 17.2 Å². The topological polar surface area (TPSA) is 113 Å². The molecule has 0 atom stereocenters. The molecule has 2 aromatic carbocycles. The molecule has 112 valence electrons. The highest BCUT2D eigenvalue weighted by Gasteiger charge is 2.19. The van der Waals surface area contributed by atoms with Gasteiger partial charge in [0, 0.05) is 6.07 Å². The summed E-state index contributed by atoms with van der Waals surface area (Å²) in [5.41, 5.74) is 2.01. The van der Waals surface area contributed by atoms with E-state index >= 15 is 0 Å². The Morgan fingerprint density at radius 3 is 2.57 bits per heavy atom. The second-order valence-electron chi connectivity index (χ2n) is 4.88. The van der Waals surface area contributed by atoms with Gasteiger partial charge in [0.25, 0.3) is 5.69 Å². The van der Waals surface area contributed by atoms with Crippen LogP contribution in [-0.2, 0) is 0 Å². The van der Waals surface area contributed by atoms with Crippen LogP contribution in [0.3, 0.4) is 0 Å². The van der Waals surface area contributed by atoms with Gasteiger partial charge in [-0.05, 0) is 18.2 Å². The quantitative estimate of drug-likeness (QED) is 0.446. The monoisotopic (exact) mass is 306 g/mol. The molecule has 0 saturated heterocycles. The van der Waals surface area contributed by atoms with Gasteiger partial charge in [-0.25, -0.2) is 9.97 Å². The molecule has 0 amide bonds. The summed E-state index contributed by atoms with van der Waals surface area (Å²) in [6.07, 6.45) is 0. The van der Waals surface area contributed by atoms with E-state index in [9.17, 15) is 10.1 Å². The SMILES string of the molecule is O=[N+]([O-])c1ccccc1-c1n[nH]c(-c2nc3ccccc3[nH]2)n1. The standard InChI is InChI=1S/C15H10N6O2/c22-21(23)12-8-4-1-5-9(12)13-18-15(20-19-13)14-16-10-6-2-3-7-11(10)17-14/h1-8H,(H,16,17)(H,18,19,20). The van der Waals surface area contributed by atoms with Gasteiger partial charge in [0.1, 0.15) is 0 Å². The summed E-state index contributed by atoms with van der Waals surface area (Å²) in [6.45, 7) is 0. The fraction of sp³-hybridized carbons (Fsp3) is 0. The second kappa shape index (κ2) is 5.02. The van der Waals surface area contributed by atoms with E-state index in [1.165, 1.54) is 6.07 Å². The van der Waals surface area contributed by atoms with Crippen molar-refractivity contribution in [2.24, 2.45) is 0 Å². The van der Waals surface area contributed by atoms with Crippen LogP contribution in [0.25, 0.3) is 34.1 Å². The third-order valence-electron chi connectivity index (χ3n) is 3.44. The summed E-state index contributed by atoms with van der Waals surface area (Å²) in [4.78, 5) is 22.5. The van der Waals surface area contributed by atoms with Crippen molar-refractivity contribution >= 4 is 16.7 Å². The number of aromatic nitrogens is 5.